The third-order valence-electron chi connectivity index (χ3n) is 2.64. The highest BCUT2D eigenvalue weighted by atomic mass is 16.5. The molecule has 0 bridgehead atoms. The molecule has 19 heavy (non-hydrogen) atoms. The van der Waals surface area contributed by atoms with E-state index >= 15 is 0 Å². The van der Waals surface area contributed by atoms with Crippen molar-refractivity contribution in [2.45, 2.75) is 19.9 Å². The number of carbonyl (C=O) groups is 2. The van der Waals surface area contributed by atoms with Crippen LogP contribution >= 0.6 is 0 Å². The van der Waals surface area contributed by atoms with Crippen molar-refractivity contribution in [3.8, 4) is 5.75 Å². The first-order valence-electron chi connectivity index (χ1n) is 5.91. The van der Waals surface area contributed by atoms with Gasteiger partial charge >= 0.3 is 6.03 Å². The number of benzene rings is 1. The lowest BCUT2D eigenvalue weighted by molar-refractivity contribution is -0.120. The van der Waals surface area contributed by atoms with Gasteiger partial charge in [-0.1, -0.05) is 0 Å². The molecule has 0 heterocycles. The van der Waals surface area contributed by atoms with Crippen molar-refractivity contribution in [1.82, 2.24) is 10.6 Å². The van der Waals surface area contributed by atoms with E-state index in [1.807, 2.05) is 25.1 Å². The van der Waals surface area contributed by atoms with E-state index in [9.17, 15) is 9.59 Å². The number of aryl methyl sites for hydroxylation is 1. The van der Waals surface area contributed by atoms with Gasteiger partial charge in [0.2, 0.25) is 5.91 Å². The molecule has 0 aliphatic heterocycles. The Morgan fingerprint density at radius 2 is 2.00 bits per heavy atom. The van der Waals surface area contributed by atoms with E-state index in [0.717, 1.165) is 17.0 Å². The molecule has 1 unspecified atom stereocenters. The predicted octanol–water partition coefficient (Wildman–Crippen LogP) is 1.26. The van der Waals surface area contributed by atoms with Gasteiger partial charge in [-0.2, -0.15) is 0 Å². The fourth-order valence-corrected chi connectivity index (χ4v) is 1.57. The number of carbonyl (C=O) groups excluding carboxylic acids is 2. The maximum atomic E-state index is 11.7. The minimum atomic E-state index is -0.524. The van der Waals surface area contributed by atoms with Crippen molar-refractivity contribution in [3.05, 3.63) is 23.8 Å². The first kappa shape index (κ1) is 14.8. The van der Waals surface area contributed by atoms with Crippen LogP contribution in [0.1, 0.15) is 12.5 Å². The van der Waals surface area contributed by atoms with Crippen LogP contribution in [-0.2, 0) is 4.79 Å². The van der Waals surface area contributed by atoms with Gasteiger partial charge < -0.3 is 15.4 Å². The zero-order valence-corrected chi connectivity index (χ0v) is 11.5. The summed E-state index contributed by atoms with van der Waals surface area (Å²) in [5, 5.41) is 7.55. The molecule has 0 aliphatic carbocycles. The monoisotopic (exact) mass is 265 g/mol. The highest BCUT2D eigenvalue weighted by Gasteiger charge is 2.15. The average Bonchev–Trinajstić information content (AvgIpc) is 2.38. The molecule has 0 spiro atoms. The molecule has 1 rings (SSSR count). The zero-order valence-electron chi connectivity index (χ0n) is 11.5. The van der Waals surface area contributed by atoms with Crippen LogP contribution in [0.4, 0.5) is 10.5 Å². The summed E-state index contributed by atoms with van der Waals surface area (Å²) in [4.78, 5) is 22.7. The van der Waals surface area contributed by atoms with Crippen molar-refractivity contribution in [1.29, 1.82) is 0 Å². The third-order valence-corrected chi connectivity index (χ3v) is 2.64. The van der Waals surface area contributed by atoms with E-state index < -0.39 is 18.0 Å². The number of hydrogen-bond acceptors (Lipinski definition) is 4. The molecule has 0 aromatic heterocycles. The summed E-state index contributed by atoms with van der Waals surface area (Å²) in [7, 11) is 3.06. The van der Waals surface area contributed by atoms with Crippen LogP contribution in [0, 0.1) is 6.92 Å². The van der Waals surface area contributed by atoms with Crippen LogP contribution in [0.2, 0.25) is 0 Å². The summed E-state index contributed by atoms with van der Waals surface area (Å²) in [6.45, 7) is 3.59. The molecule has 6 nitrogen and oxygen atoms in total. The molecular formula is C13H19N3O3. The molecule has 3 amide bonds. The quantitative estimate of drug-likeness (QED) is 0.765. The molecule has 0 saturated carbocycles. The summed E-state index contributed by atoms with van der Waals surface area (Å²) in [5.74, 6) is 0.390. The molecule has 0 radical (unpaired) electrons. The number of amides is 3. The molecule has 3 N–H and O–H groups in total. The Morgan fingerprint density at radius 3 is 2.53 bits per heavy atom. The van der Waals surface area contributed by atoms with Gasteiger partial charge in [0.05, 0.1) is 7.11 Å². The molecule has 1 aromatic carbocycles. The van der Waals surface area contributed by atoms with Gasteiger partial charge in [-0.05, 0) is 37.6 Å². The lowest BCUT2D eigenvalue weighted by atomic mass is 10.2. The SMILES string of the molecule is CNC(=O)NC(=O)C(C)Nc1ccc(OC)c(C)c1. The number of hydrogen-bond donors (Lipinski definition) is 3. The second kappa shape index (κ2) is 6.63. The van der Waals surface area contributed by atoms with Crippen molar-refractivity contribution in [3.63, 3.8) is 0 Å². The van der Waals surface area contributed by atoms with Crippen molar-refractivity contribution < 1.29 is 14.3 Å². The van der Waals surface area contributed by atoms with E-state index in [-0.39, 0.29) is 0 Å². The first-order valence-corrected chi connectivity index (χ1v) is 5.91. The Balaban J connectivity index is 2.66. The molecule has 1 atom stereocenters. The van der Waals surface area contributed by atoms with Gasteiger partial charge in [0.1, 0.15) is 11.8 Å². The molecule has 0 saturated heterocycles. The average molecular weight is 265 g/mol. The fraction of sp³-hybridized carbons (Fsp3) is 0.385. The van der Waals surface area contributed by atoms with Gasteiger partial charge in [0.15, 0.2) is 0 Å². The lowest BCUT2D eigenvalue weighted by Crippen LogP contribution is -2.44. The lowest BCUT2D eigenvalue weighted by Gasteiger charge is -2.15. The molecular weight excluding hydrogens is 246 g/mol. The van der Waals surface area contributed by atoms with Crippen LogP contribution in [0.25, 0.3) is 0 Å². The van der Waals surface area contributed by atoms with Crippen LogP contribution in [0.5, 0.6) is 5.75 Å². The largest absolute Gasteiger partial charge is 0.496 e. The van der Waals surface area contributed by atoms with Gasteiger partial charge in [-0.25, -0.2) is 4.79 Å². The maximum Gasteiger partial charge on any atom is 0.321 e. The van der Waals surface area contributed by atoms with E-state index in [4.69, 9.17) is 4.74 Å². The van der Waals surface area contributed by atoms with E-state index in [2.05, 4.69) is 16.0 Å². The summed E-state index contributed by atoms with van der Waals surface area (Å²) < 4.78 is 5.16. The van der Waals surface area contributed by atoms with Crippen LogP contribution in [-0.4, -0.2) is 32.1 Å². The molecule has 0 fully saturated rings. The molecule has 6 heteroatoms. The highest BCUT2D eigenvalue weighted by Crippen LogP contribution is 2.21. The van der Waals surface area contributed by atoms with Crippen molar-refractivity contribution in [2.75, 3.05) is 19.5 Å². The maximum absolute atomic E-state index is 11.7. The number of methoxy groups -OCH3 is 1. The molecule has 104 valence electrons. The number of rotatable bonds is 4. The Morgan fingerprint density at radius 1 is 1.32 bits per heavy atom. The number of nitrogens with one attached hydrogen (secondary N) is 3. The number of imide groups is 1. The summed E-state index contributed by atoms with van der Waals surface area (Å²) in [5.41, 5.74) is 1.75. The normalized spacial score (nSPS) is 11.4. The molecule has 0 aliphatic rings. The Bertz CT molecular complexity index is 474. The minimum Gasteiger partial charge on any atom is -0.496 e. The van der Waals surface area contributed by atoms with Gasteiger partial charge in [-0.15, -0.1) is 0 Å². The minimum absolute atomic E-state index is 0.396. The van der Waals surface area contributed by atoms with E-state index in [1.54, 1.807) is 14.0 Å². The Hall–Kier alpha value is -2.24. The van der Waals surface area contributed by atoms with Crippen molar-refractivity contribution in [2.24, 2.45) is 0 Å². The smallest absolute Gasteiger partial charge is 0.321 e. The van der Waals surface area contributed by atoms with Crippen LogP contribution in [0.15, 0.2) is 18.2 Å². The summed E-state index contributed by atoms with van der Waals surface area (Å²) in [6.07, 6.45) is 0. The van der Waals surface area contributed by atoms with Crippen LogP contribution < -0.4 is 20.7 Å². The predicted molar refractivity (Wildman–Crippen MR) is 73.4 cm³/mol. The third kappa shape index (κ3) is 4.17. The van der Waals surface area contributed by atoms with Crippen molar-refractivity contribution >= 4 is 17.6 Å². The number of anilines is 1. The second-order valence-corrected chi connectivity index (χ2v) is 4.12. The Labute approximate surface area is 112 Å². The number of ether oxygens (including phenoxy) is 1. The fourth-order valence-electron chi connectivity index (χ4n) is 1.57. The second-order valence-electron chi connectivity index (χ2n) is 4.12. The van der Waals surface area contributed by atoms with Gasteiger partial charge in [0, 0.05) is 12.7 Å². The standard InChI is InChI=1S/C13H19N3O3/c1-8-7-10(5-6-11(8)19-4)15-9(2)12(17)16-13(18)14-3/h5-7,9,15H,1-4H3,(H2,14,16,17,18). The summed E-state index contributed by atoms with van der Waals surface area (Å²) >= 11 is 0. The Kier molecular flexibility index (Phi) is 5.17. The van der Waals surface area contributed by atoms with E-state index in [0.29, 0.717) is 0 Å². The number of urea groups is 1. The van der Waals surface area contributed by atoms with Gasteiger partial charge in [0.25, 0.3) is 0 Å². The van der Waals surface area contributed by atoms with E-state index in [1.165, 1.54) is 7.05 Å². The van der Waals surface area contributed by atoms with Gasteiger partial charge in [-0.3, -0.25) is 10.1 Å². The zero-order chi connectivity index (χ0) is 14.4. The topological polar surface area (TPSA) is 79.5 Å². The highest BCUT2D eigenvalue weighted by molar-refractivity contribution is 5.97. The first-order chi connectivity index (χ1) is 8.97. The molecule has 1 aromatic rings. The van der Waals surface area contributed by atoms with Crippen LogP contribution in [0.3, 0.4) is 0 Å². The summed E-state index contributed by atoms with van der Waals surface area (Å²) in [6, 6.07) is 4.47.